The van der Waals surface area contributed by atoms with E-state index in [2.05, 4.69) is 18.7 Å². The lowest BCUT2D eigenvalue weighted by molar-refractivity contribution is 0.0902. The molecule has 0 heterocycles. The lowest BCUT2D eigenvalue weighted by Gasteiger charge is -2.39. The molecule has 1 atom stereocenters. The molecule has 0 aliphatic heterocycles. The molecule has 0 spiro atoms. The van der Waals surface area contributed by atoms with Crippen LogP contribution in [0.5, 0.6) is 0 Å². The molecule has 0 radical (unpaired) electrons. The second-order valence-corrected chi connectivity index (χ2v) is 3.36. The summed E-state index contributed by atoms with van der Waals surface area (Å²) in [4.78, 5) is 2.21. The SMILES string of the molecule is CCN(CCN)C(N)(CC)CCN. The van der Waals surface area contributed by atoms with Gasteiger partial charge in [0.1, 0.15) is 0 Å². The van der Waals surface area contributed by atoms with Gasteiger partial charge in [-0.05, 0) is 25.9 Å². The Morgan fingerprint density at radius 2 is 1.77 bits per heavy atom. The van der Waals surface area contributed by atoms with Crippen molar-refractivity contribution in [3.8, 4) is 0 Å². The van der Waals surface area contributed by atoms with Crippen LogP contribution in [0.3, 0.4) is 0 Å². The normalized spacial score (nSPS) is 16.2. The second kappa shape index (κ2) is 6.32. The maximum Gasteiger partial charge on any atom is 0.0697 e. The molecule has 0 fully saturated rings. The van der Waals surface area contributed by atoms with Crippen molar-refractivity contribution < 1.29 is 0 Å². The molecule has 0 saturated carbocycles. The number of rotatable bonds is 7. The molecule has 4 heteroatoms. The summed E-state index contributed by atoms with van der Waals surface area (Å²) in [6, 6.07) is 0. The van der Waals surface area contributed by atoms with Crippen molar-refractivity contribution >= 4 is 0 Å². The van der Waals surface area contributed by atoms with Crippen LogP contribution >= 0.6 is 0 Å². The minimum Gasteiger partial charge on any atom is -0.330 e. The highest BCUT2D eigenvalue weighted by atomic mass is 15.3. The van der Waals surface area contributed by atoms with Crippen LogP contribution in [0.2, 0.25) is 0 Å². The summed E-state index contributed by atoms with van der Waals surface area (Å²) in [5.41, 5.74) is 17.0. The highest BCUT2D eigenvalue weighted by Crippen LogP contribution is 2.16. The van der Waals surface area contributed by atoms with E-state index in [4.69, 9.17) is 17.2 Å². The lowest BCUT2D eigenvalue weighted by Crippen LogP contribution is -2.57. The highest BCUT2D eigenvalue weighted by Gasteiger charge is 2.27. The molecule has 0 rings (SSSR count). The van der Waals surface area contributed by atoms with Crippen molar-refractivity contribution in [3.63, 3.8) is 0 Å². The van der Waals surface area contributed by atoms with Crippen LogP contribution in [0.1, 0.15) is 26.7 Å². The van der Waals surface area contributed by atoms with Crippen LogP contribution < -0.4 is 17.2 Å². The number of hydrogen-bond donors (Lipinski definition) is 3. The van der Waals surface area contributed by atoms with Gasteiger partial charge >= 0.3 is 0 Å². The van der Waals surface area contributed by atoms with E-state index in [1.807, 2.05) is 0 Å². The molecular formula is C9H24N4. The fraction of sp³-hybridized carbons (Fsp3) is 1.00. The molecule has 0 amide bonds. The maximum absolute atomic E-state index is 6.24. The van der Waals surface area contributed by atoms with Crippen molar-refractivity contribution in [2.24, 2.45) is 17.2 Å². The average molecular weight is 188 g/mol. The van der Waals surface area contributed by atoms with Gasteiger partial charge in [0.25, 0.3) is 0 Å². The fourth-order valence-electron chi connectivity index (χ4n) is 1.66. The van der Waals surface area contributed by atoms with Gasteiger partial charge in [-0.2, -0.15) is 0 Å². The van der Waals surface area contributed by atoms with Gasteiger partial charge in [-0.1, -0.05) is 13.8 Å². The lowest BCUT2D eigenvalue weighted by atomic mass is 10.0. The largest absolute Gasteiger partial charge is 0.330 e. The summed E-state index contributed by atoms with van der Waals surface area (Å²) in [5, 5.41) is 0. The topological polar surface area (TPSA) is 81.3 Å². The zero-order chi connectivity index (χ0) is 10.3. The first-order valence-corrected chi connectivity index (χ1v) is 5.08. The van der Waals surface area contributed by atoms with Gasteiger partial charge < -0.3 is 17.2 Å². The minimum absolute atomic E-state index is 0.261. The van der Waals surface area contributed by atoms with E-state index in [9.17, 15) is 0 Å². The van der Waals surface area contributed by atoms with E-state index in [0.29, 0.717) is 13.1 Å². The Labute approximate surface area is 81.4 Å². The third-order valence-electron chi connectivity index (χ3n) is 2.60. The monoisotopic (exact) mass is 188 g/mol. The first-order valence-electron chi connectivity index (χ1n) is 5.08. The van der Waals surface area contributed by atoms with Crippen molar-refractivity contribution in [2.75, 3.05) is 26.2 Å². The molecule has 0 aromatic heterocycles. The van der Waals surface area contributed by atoms with E-state index < -0.39 is 0 Å². The van der Waals surface area contributed by atoms with Crippen molar-refractivity contribution in [3.05, 3.63) is 0 Å². The van der Waals surface area contributed by atoms with Crippen LogP contribution in [0, 0.1) is 0 Å². The first kappa shape index (κ1) is 12.8. The Hall–Kier alpha value is -0.160. The predicted molar refractivity (Wildman–Crippen MR) is 57.2 cm³/mol. The van der Waals surface area contributed by atoms with Gasteiger partial charge in [-0.15, -0.1) is 0 Å². The van der Waals surface area contributed by atoms with E-state index in [1.165, 1.54) is 0 Å². The Morgan fingerprint density at radius 1 is 1.15 bits per heavy atom. The van der Waals surface area contributed by atoms with Crippen molar-refractivity contribution in [2.45, 2.75) is 32.4 Å². The van der Waals surface area contributed by atoms with Crippen LogP contribution in [-0.2, 0) is 0 Å². The van der Waals surface area contributed by atoms with E-state index in [1.54, 1.807) is 0 Å². The molecule has 0 aromatic carbocycles. The molecule has 6 N–H and O–H groups in total. The molecule has 0 saturated heterocycles. The zero-order valence-corrected chi connectivity index (χ0v) is 8.92. The number of likely N-dealkylation sites (N-methyl/N-ethyl adjacent to an activating group) is 1. The Balaban J connectivity index is 4.29. The van der Waals surface area contributed by atoms with E-state index >= 15 is 0 Å². The summed E-state index contributed by atoms with van der Waals surface area (Å²) < 4.78 is 0. The summed E-state index contributed by atoms with van der Waals surface area (Å²) in [6.45, 7) is 7.25. The number of nitrogens with zero attached hydrogens (tertiary/aromatic N) is 1. The van der Waals surface area contributed by atoms with Crippen LogP contribution in [-0.4, -0.2) is 36.7 Å². The standard InChI is InChI=1S/C9H24N4/c1-3-9(12,5-6-10)13(4-2)8-7-11/h3-8,10-12H2,1-2H3. The first-order chi connectivity index (χ1) is 6.14. The van der Waals surface area contributed by atoms with Crippen molar-refractivity contribution in [1.29, 1.82) is 0 Å². The van der Waals surface area contributed by atoms with E-state index in [0.717, 1.165) is 25.9 Å². The van der Waals surface area contributed by atoms with E-state index in [-0.39, 0.29) is 5.66 Å². The summed E-state index contributed by atoms with van der Waals surface area (Å²) in [5.74, 6) is 0. The molecule has 0 aliphatic carbocycles. The summed E-state index contributed by atoms with van der Waals surface area (Å²) in [7, 11) is 0. The van der Waals surface area contributed by atoms with Crippen LogP contribution in [0.15, 0.2) is 0 Å². The highest BCUT2D eigenvalue weighted by molar-refractivity contribution is 4.83. The molecule has 0 aromatic rings. The summed E-state index contributed by atoms with van der Waals surface area (Å²) >= 11 is 0. The fourth-order valence-corrected chi connectivity index (χ4v) is 1.66. The van der Waals surface area contributed by atoms with Crippen molar-refractivity contribution in [1.82, 2.24) is 4.90 Å². The Bertz CT molecular complexity index is 129. The quantitative estimate of drug-likeness (QED) is 0.478. The minimum atomic E-state index is -0.261. The summed E-state index contributed by atoms with van der Waals surface area (Å²) in [6.07, 6.45) is 1.75. The smallest absolute Gasteiger partial charge is 0.0697 e. The molecule has 0 aliphatic rings. The van der Waals surface area contributed by atoms with Gasteiger partial charge in [0.2, 0.25) is 0 Å². The third-order valence-corrected chi connectivity index (χ3v) is 2.60. The molecule has 13 heavy (non-hydrogen) atoms. The Morgan fingerprint density at radius 3 is 2.08 bits per heavy atom. The predicted octanol–water partition coefficient (Wildman–Crippen LogP) is -0.319. The molecular weight excluding hydrogens is 164 g/mol. The van der Waals surface area contributed by atoms with Crippen LogP contribution in [0.4, 0.5) is 0 Å². The third kappa shape index (κ3) is 3.60. The zero-order valence-electron chi connectivity index (χ0n) is 8.92. The van der Waals surface area contributed by atoms with Gasteiger partial charge in [0, 0.05) is 13.1 Å². The number of hydrogen-bond acceptors (Lipinski definition) is 4. The molecule has 80 valence electrons. The molecule has 4 nitrogen and oxygen atoms in total. The van der Waals surface area contributed by atoms with Gasteiger partial charge in [-0.25, -0.2) is 0 Å². The molecule has 0 bridgehead atoms. The van der Waals surface area contributed by atoms with Gasteiger partial charge in [0.15, 0.2) is 0 Å². The van der Waals surface area contributed by atoms with Gasteiger partial charge in [0.05, 0.1) is 5.66 Å². The Kier molecular flexibility index (Phi) is 6.24. The maximum atomic E-state index is 6.24. The average Bonchev–Trinajstić information content (AvgIpc) is 2.14. The van der Waals surface area contributed by atoms with Crippen LogP contribution in [0.25, 0.3) is 0 Å². The second-order valence-electron chi connectivity index (χ2n) is 3.36. The number of nitrogens with two attached hydrogens (primary N) is 3. The molecule has 1 unspecified atom stereocenters. The van der Waals surface area contributed by atoms with Gasteiger partial charge in [-0.3, -0.25) is 4.90 Å².